The van der Waals surface area contributed by atoms with Crippen molar-refractivity contribution in [3.05, 3.63) is 10.5 Å². The first-order valence-electron chi connectivity index (χ1n) is 3.31. The van der Waals surface area contributed by atoms with Crippen molar-refractivity contribution in [3.8, 4) is 0 Å². The summed E-state index contributed by atoms with van der Waals surface area (Å²) in [6.07, 6.45) is 0. The number of hydrogen-bond acceptors (Lipinski definition) is 3. The van der Waals surface area contributed by atoms with Crippen molar-refractivity contribution in [2.75, 3.05) is 0 Å². The van der Waals surface area contributed by atoms with E-state index < -0.39 is 0 Å². The number of thioether (sulfide) groups is 1. The molecule has 0 aliphatic carbocycles. The number of rotatable bonds is 1. The van der Waals surface area contributed by atoms with Crippen LogP contribution in [0.5, 0.6) is 0 Å². The maximum atomic E-state index is 10.6. The van der Waals surface area contributed by atoms with Crippen LogP contribution in [0.1, 0.15) is 20.8 Å². The summed E-state index contributed by atoms with van der Waals surface area (Å²) in [7, 11) is 0. The highest BCUT2D eigenvalue weighted by Gasteiger charge is 2.13. The molecule has 0 saturated heterocycles. The molecule has 11 heavy (non-hydrogen) atoms. The first-order valence-corrected chi connectivity index (χ1v) is 4.13. The molecule has 0 saturated carbocycles. The van der Waals surface area contributed by atoms with E-state index in [0.29, 0.717) is 5.16 Å². The zero-order valence-electron chi connectivity index (χ0n) is 6.76. The molecule has 0 aromatic carbocycles. The fraction of sp³-hybridized carbons (Fsp3) is 0.667. The van der Waals surface area contributed by atoms with Gasteiger partial charge in [-0.1, -0.05) is 32.5 Å². The first-order chi connectivity index (χ1) is 4.97. The zero-order valence-corrected chi connectivity index (χ0v) is 7.58. The van der Waals surface area contributed by atoms with Crippen LogP contribution in [0, 0.1) is 0 Å². The summed E-state index contributed by atoms with van der Waals surface area (Å²) in [6, 6.07) is 0. The summed E-state index contributed by atoms with van der Waals surface area (Å²) >= 11 is 1.52. The highest BCUT2D eigenvalue weighted by Crippen LogP contribution is 2.27. The highest BCUT2D eigenvalue weighted by atomic mass is 32.2. The summed E-state index contributed by atoms with van der Waals surface area (Å²) in [4.78, 5) is 13.2. The molecule has 0 aliphatic heterocycles. The van der Waals surface area contributed by atoms with Gasteiger partial charge in [0.05, 0.1) is 0 Å². The van der Waals surface area contributed by atoms with Crippen molar-refractivity contribution in [1.29, 1.82) is 0 Å². The molecule has 0 aliphatic rings. The standard InChI is InChI=1S/C6H11N3OS/c1-6(2,3)11-5-7-4(10)8-9-5/h1-3H3,(H2,7,8,9,10). The van der Waals surface area contributed by atoms with Crippen molar-refractivity contribution < 1.29 is 0 Å². The molecule has 0 spiro atoms. The van der Waals surface area contributed by atoms with Crippen LogP contribution in [0.3, 0.4) is 0 Å². The van der Waals surface area contributed by atoms with Crippen LogP contribution in [0.25, 0.3) is 0 Å². The smallest absolute Gasteiger partial charge is 0.284 e. The van der Waals surface area contributed by atoms with Crippen LogP contribution in [-0.2, 0) is 0 Å². The predicted octanol–water partition coefficient (Wildman–Crippen LogP) is 0.989. The zero-order chi connectivity index (χ0) is 8.48. The van der Waals surface area contributed by atoms with E-state index in [0.717, 1.165) is 0 Å². The maximum Gasteiger partial charge on any atom is 0.341 e. The SMILES string of the molecule is CC(C)(C)Sc1n[nH]c(=O)[nH]1. The lowest BCUT2D eigenvalue weighted by atomic mass is 10.3. The molecule has 1 heterocycles. The van der Waals surface area contributed by atoms with E-state index in [2.05, 4.69) is 36.0 Å². The molecule has 62 valence electrons. The van der Waals surface area contributed by atoms with Crippen molar-refractivity contribution in [1.82, 2.24) is 15.2 Å². The van der Waals surface area contributed by atoms with E-state index >= 15 is 0 Å². The van der Waals surface area contributed by atoms with E-state index in [1.807, 2.05) is 0 Å². The Morgan fingerprint density at radius 3 is 2.45 bits per heavy atom. The fourth-order valence-electron chi connectivity index (χ4n) is 0.593. The lowest BCUT2D eigenvalue weighted by Gasteiger charge is -2.13. The number of nitrogens with zero attached hydrogens (tertiary/aromatic N) is 1. The van der Waals surface area contributed by atoms with E-state index in [9.17, 15) is 4.79 Å². The van der Waals surface area contributed by atoms with Gasteiger partial charge in [-0.2, -0.15) is 0 Å². The molecule has 0 atom stereocenters. The normalized spacial score (nSPS) is 11.9. The number of nitrogens with one attached hydrogen (secondary N) is 2. The Kier molecular flexibility index (Phi) is 2.08. The number of aromatic nitrogens is 3. The van der Waals surface area contributed by atoms with E-state index in [-0.39, 0.29) is 10.4 Å². The molecule has 5 heteroatoms. The van der Waals surface area contributed by atoms with Crippen LogP contribution in [0.2, 0.25) is 0 Å². The largest absolute Gasteiger partial charge is 0.341 e. The van der Waals surface area contributed by atoms with Gasteiger partial charge in [0.1, 0.15) is 0 Å². The molecule has 2 N–H and O–H groups in total. The monoisotopic (exact) mass is 173 g/mol. The van der Waals surface area contributed by atoms with E-state index in [1.165, 1.54) is 11.8 Å². The molecule has 1 rings (SSSR count). The maximum absolute atomic E-state index is 10.6. The second-order valence-corrected chi connectivity index (χ2v) is 5.01. The lowest BCUT2D eigenvalue weighted by Crippen LogP contribution is -2.07. The molecule has 0 radical (unpaired) electrons. The molecule has 4 nitrogen and oxygen atoms in total. The Morgan fingerprint density at radius 2 is 2.09 bits per heavy atom. The predicted molar refractivity (Wildman–Crippen MR) is 44.8 cm³/mol. The van der Waals surface area contributed by atoms with Gasteiger partial charge in [-0.25, -0.2) is 9.89 Å². The number of hydrogen-bond donors (Lipinski definition) is 2. The molecule has 0 fully saturated rings. The van der Waals surface area contributed by atoms with Crippen molar-refractivity contribution in [2.24, 2.45) is 0 Å². The second-order valence-electron chi connectivity index (χ2n) is 3.20. The minimum atomic E-state index is -0.253. The highest BCUT2D eigenvalue weighted by molar-refractivity contribution is 8.00. The van der Waals surface area contributed by atoms with Crippen LogP contribution < -0.4 is 5.69 Å². The molecule has 1 aromatic heterocycles. The van der Waals surface area contributed by atoms with Gasteiger partial charge in [0, 0.05) is 4.75 Å². The first kappa shape index (κ1) is 8.39. The van der Waals surface area contributed by atoms with Gasteiger partial charge in [-0.3, -0.25) is 4.98 Å². The lowest BCUT2D eigenvalue weighted by molar-refractivity contribution is 0.793. The summed E-state index contributed by atoms with van der Waals surface area (Å²) < 4.78 is 0.0815. The van der Waals surface area contributed by atoms with Gasteiger partial charge in [-0.15, -0.1) is 5.10 Å². The molecule has 1 aromatic rings. The molecular formula is C6H11N3OS. The molecule has 0 amide bonds. The Labute approximate surface area is 68.8 Å². The van der Waals surface area contributed by atoms with Crippen molar-refractivity contribution in [2.45, 2.75) is 30.7 Å². The van der Waals surface area contributed by atoms with E-state index in [1.54, 1.807) is 0 Å². The van der Waals surface area contributed by atoms with Gasteiger partial charge < -0.3 is 0 Å². The molecule has 0 bridgehead atoms. The summed E-state index contributed by atoms with van der Waals surface area (Å²) in [5.41, 5.74) is -0.253. The minimum absolute atomic E-state index is 0.0815. The second kappa shape index (κ2) is 2.73. The average Bonchev–Trinajstić information content (AvgIpc) is 2.10. The van der Waals surface area contributed by atoms with Gasteiger partial charge >= 0.3 is 5.69 Å². The van der Waals surface area contributed by atoms with Crippen molar-refractivity contribution >= 4 is 11.8 Å². The van der Waals surface area contributed by atoms with Gasteiger partial charge in [-0.05, 0) is 0 Å². The van der Waals surface area contributed by atoms with Crippen LogP contribution in [0.15, 0.2) is 9.95 Å². The molecule has 0 unspecified atom stereocenters. The van der Waals surface area contributed by atoms with Gasteiger partial charge in [0.25, 0.3) is 0 Å². The third-order valence-electron chi connectivity index (χ3n) is 0.882. The number of H-pyrrole nitrogens is 2. The molecular weight excluding hydrogens is 162 g/mol. The Bertz CT molecular complexity index is 283. The third kappa shape index (κ3) is 2.80. The van der Waals surface area contributed by atoms with Crippen molar-refractivity contribution in [3.63, 3.8) is 0 Å². The Balaban J connectivity index is 2.73. The summed E-state index contributed by atoms with van der Waals surface area (Å²) in [6.45, 7) is 6.18. The number of aromatic amines is 2. The quantitative estimate of drug-likeness (QED) is 0.622. The summed E-state index contributed by atoms with van der Waals surface area (Å²) in [5, 5.41) is 6.72. The topological polar surface area (TPSA) is 61.5 Å². The van der Waals surface area contributed by atoms with E-state index in [4.69, 9.17) is 0 Å². The van der Waals surface area contributed by atoms with Crippen LogP contribution >= 0.6 is 11.8 Å². The van der Waals surface area contributed by atoms with Crippen LogP contribution in [0.4, 0.5) is 0 Å². The summed E-state index contributed by atoms with van der Waals surface area (Å²) in [5.74, 6) is 0. The van der Waals surface area contributed by atoms with Crippen LogP contribution in [-0.4, -0.2) is 19.9 Å². The van der Waals surface area contributed by atoms with Gasteiger partial charge in [0.2, 0.25) is 0 Å². The fourth-order valence-corrected chi connectivity index (χ4v) is 1.41. The average molecular weight is 173 g/mol. The minimum Gasteiger partial charge on any atom is -0.284 e. The van der Waals surface area contributed by atoms with Gasteiger partial charge in [0.15, 0.2) is 5.16 Å². The Morgan fingerprint density at radius 1 is 1.45 bits per heavy atom. The Hall–Kier alpha value is -0.710. The third-order valence-corrected chi connectivity index (χ3v) is 1.88.